The van der Waals surface area contributed by atoms with E-state index in [-0.39, 0.29) is 24.2 Å². The first-order valence-corrected chi connectivity index (χ1v) is 12.7. The lowest BCUT2D eigenvalue weighted by Gasteiger charge is -2.36. The van der Waals surface area contributed by atoms with Gasteiger partial charge in [-0.3, -0.25) is 14.5 Å². The number of fused-ring (bicyclic) bond motifs is 1. The molecular weight excluding hydrogens is 454 g/mol. The van der Waals surface area contributed by atoms with Gasteiger partial charge in [-0.2, -0.15) is 0 Å². The van der Waals surface area contributed by atoms with Gasteiger partial charge in [-0.15, -0.1) is 0 Å². The number of carbonyl (C=O) groups is 2. The van der Waals surface area contributed by atoms with Crippen molar-refractivity contribution in [3.8, 4) is 5.75 Å². The lowest BCUT2D eigenvalue weighted by molar-refractivity contribution is -0.138. The fourth-order valence-electron chi connectivity index (χ4n) is 5.85. The van der Waals surface area contributed by atoms with Crippen LogP contribution in [0.25, 0.3) is 11.6 Å². The number of rotatable bonds is 9. The Morgan fingerprint density at radius 3 is 2.44 bits per heavy atom. The summed E-state index contributed by atoms with van der Waals surface area (Å²) in [5.74, 6) is -1.92. The number of imide groups is 1. The topological polar surface area (TPSA) is 98.1 Å². The van der Waals surface area contributed by atoms with Crippen LogP contribution in [-0.2, 0) is 9.59 Å². The Bertz CT molecular complexity index is 1170. The van der Waals surface area contributed by atoms with E-state index >= 15 is 0 Å². The zero-order valence-electron chi connectivity index (χ0n) is 20.9. The number of amides is 2. The normalized spacial score (nSPS) is 23.3. The molecule has 4 rings (SSSR count). The maximum Gasteiger partial charge on any atom is 0.233 e. The third kappa shape index (κ3) is 5.01. The van der Waals surface area contributed by atoms with Gasteiger partial charge in [-0.25, -0.2) is 0 Å². The van der Waals surface area contributed by atoms with Crippen LogP contribution >= 0.6 is 0 Å². The predicted octanol–water partition coefficient (Wildman–Crippen LogP) is 4.41. The van der Waals surface area contributed by atoms with Gasteiger partial charge in [0.2, 0.25) is 11.8 Å². The van der Waals surface area contributed by atoms with Gasteiger partial charge in [-0.1, -0.05) is 67.4 Å². The van der Waals surface area contributed by atoms with Crippen molar-refractivity contribution < 1.29 is 24.9 Å². The van der Waals surface area contributed by atoms with Crippen molar-refractivity contribution in [2.45, 2.75) is 45.1 Å². The zero-order valence-corrected chi connectivity index (χ0v) is 20.9. The molecule has 6 nitrogen and oxygen atoms in total. The van der Waals surface area contributed by atoms with Gasteiger partial charge in [0.25, 0.3) is 0 Å². The number of aliphatic hydroxyl groups excluding tert-OH is 2. The Morgan fingerprint density at radius 1 is 1.08 bits per heavy atom. The van der Waals surface area contributed by atoms with Crippen LogP contribution < -0.4 is 0 Å². The van der Waals surface area contributed by atoms with E-state index in [0.717, 1.165) is 35.1 Å². The average Bonchev–Trinajstić information content (AvgIpc) is 3.10. The first-order chi connectivity index (χ1) is 17.4. The lowest BCUT2D eigenvalue weighted by Crippen LogP contribution is -2.39. The molecule has 2 aliphatic rings. The summed E-state index contributed by atoms with van der Waals surface area (Å²) in [5, 5.41) is 32.1. The quantitative estimate of drug-likeness (QED) is 0.275. The summed E-state index contributed by atoms with van der Waals surface area (Å²) in [5.41, 5.74) is 4.38. The largest absolute Gasteiger partial charge is 0.507 e. The van der Waals surface area contributed by atoms with Crippen molar-refractivity contribution in [1.29, 1.82) is 0 Å². The number of hydrogen-bond acceptors (Lipinski definition) is 5. The molecule has 3 N–H and O–H groups in total. The molecule has 0 aromatic heterocycles. The monoisotopic (exact) mass is 489 g/mol. The van der Waals surface area contributed by atoms with Crippen molar-refractivity contribution in [3.63, 3.8) is 0 Å². The smallest absolute Gasteiger partial charge is 0.233 e. The van der Waals surface area contributed by atoms with Crippen LogP contribution in [0.3, 0.4) is 0 Å². The van der Waals surface area contributed by atoms with E-state index in [2.05, 4.69) is 0 Å². The molecule has 0 spiro atoms. The van der Waals surface area contributed by atoms with Crippen LogP contribution in [0.1, 0.15) is 50.2 Å². The number of aromatic hydroxyl groups is 1. The van der Waals surface area contributed by atoms with Gasteiger partial charge in [0.15, 0.2) is 0 Å². The molecule has 1 heterocycles. The molecule has 0 saturated carbocycles. The number of allylic oxidation sites excluding steroid dienone is 2. The molecule has 6 heteroatoms. The van der Waals surface area contributed by atoms with Crippen molar-refractivity contribution in [2.24, 2.45) is 17.8 Å². The van der Waals surface area contributed by atoms with Gasteiger partial charge in [0, 0.05) is 18.5 Å². The van der Waals surface area contributed by atoms with Gasteiger partial charge in [0.1, 0.15) is 5.75 Å². The molecule has 2 amide bonds. The SMILES string of the molecule is CCCC1=C([C@H](O)CC/C(=C/c2ccccc2O)c2ccccc2)[C@H](CO)[C@@H]2C(=O)N(C)C(=O)[C@@H]2C1. The molecule has 1 saturated heterocycles. The summed E-state index contributed by atoms with van der Waals surface area (Å²) in [6.07, 6.45) is 4.03. The first kappa shape index (κ1) is 25.9. The summed E-state index contributed by atoms with van der Waals surface area (Å²) in [7, 11) is 1.50. The average molecular weight is 490 g/mol. The Hall–Kier alpha value is -3.22. The Labute approximate surface area is 212 Å². The number of phenols is 1. The molecule has 36 heavy (non-hydrogen) atoms. The van der Waals surface area contributed by atoms with Crippen molar-refractivity contribution in [3.05, 3.63) is 76.9 Å². The van der Waals surface area contributed by atoms with E-state index in [1.54, 1.807) is 12.1 Å². The minimum atomic E-state index is -0.852. The van der Waals surface area contributed by atoms with E-state index in [0.29, 0.717) is 24.8 Å². The molecule has 1 fully saturated rings. The predicted molar refractivity (Wildman–Crippen MR) is 140 cm³/mol. The van der Waals surface area contributed by atoms with E-state index in [9.17, 15) is 24.9 Å². The summed E-state index contributed by atoms with van der Waals surface area (Å²) in [6.45, 7) is 1.76. The third-order valence-electron chi connectivity index (χ3n) is 7.61. The number of likely N-dealkylation sites (tertiary alicyclic amines) is 1. The number of phenolic OH excluding ortho intramolecular Hbond substituents is 1. The van der Waals surface area contributed by atoms with Crippen LogP contribution in [0.2, 0.25) is 0 Å². The van der Waals surface area contributed by atoms with Gasteiger partial charge in [-0.05, 0) is 54.5 Å². The summed E-state index contributed by atoms with van der Waals surface area (Å²) in [4.78, 5) is 26.8. The molecule has 0 bridgehead atoms. The lowest BCUT2D eigenvalue weighted by atomic mass is 9.67. The Morgan fingerprint density at radius 2 is 1.78 bits per heavy atom. The van der Waals surface area contributed by atoms with Crippen LogP contribution in [0.15, 0.2) is 65.7 Å². The molecule has 2 aromatic rings. The molecule has 2 aromatic carbocycles. The van der Waals surface area contributed by atoms with Crippen LogP contribution in [-0.4, -0.2) is 51.8 Å². The Balaban J connectivity index is 1.65. The number of carbonyl (C=O) groups excluding carboxylic acids is 2. The van der Waals surface area contributed by atoms with E-state index in [4.69, 9.17) is 0 Å². The second kappa shape index (κ2) is 11.2. The number of nitrogens with zero attached hydrogens (tertiary/aromatic N) is 1. The van der Waals surface area contributed by atoms with Crippen molar-refractivity contribution in [2.75, 3.05) is 13.7 Å². The summed E-state index contributed by atoms with van der Waals surface area (Å²) in [6, 6.07) is 17.0. The maximum atomic E-state index is 12.9. The second-order valence-electron chi connectivity index (χ2n) is 9.82. The Kier molecular flexibility index (Phi) is 8.07. The second-order valence-corrected chi connectivity index (χ2v) is 9.82. The summed E-state index contributed by atoms with van der Waals surface area (Å²) >= 11 is 0. The highest BCUT2D eigenvalue weighted by Gasteiger charge is 2.53. The van der Waals surface area contributed by atoms with E-state index in [1.807, 2.05) is 55.5 Å². The van der Waals surface area contributed by atoms with Gasteiger partial charge in [0.05, 0.1) is 24.5 Å². The minimum absolute atomic E-state index is 0.187. The third-order valence-corrected chi connectivity index (χ3v) is 7.61. The molecule has 1 aliphatic heterocycles. The van der Waals surface area contributed by atoms with Crippen molar-refractivity contribution >= 4 is 23.5 Å². The van der Waals surface area contributed by atoms with E-state index < -0.39 is 23.9 Å². The number of para-hydroxylation sites is 1. The number of benzene rings is 2. The van der Waals surface area contributed by atoms with Crippen LogP contribution in [0.4, 0.5) is 0 Å². The molecule has 190 valence electrons. The first-order valence-electron chi connectivity index (χ1n) is 12.7. The van der Waals surface area contributed by atoms with Gasteiger partial charge >= 0.3 is 0 Å². The van der Waals surface area contributed by atoms with Crippen LogP contribution in [0.5, 0.6) is 5.75 Å². The summed E-state index contributed by atoms with van der Waals surface area (Å²) < 4.78 is 0. The molecule has 0 unspecified atom stereocenters. The number of hydrogen-bond donors (Lipinski definition) is 3. The highest BCUT2D eigenvalue weighted by atomic mass is 16.3. The standard InChI is InChI=1S/C30H35NO5/c1-3-9-22-17-23-28(30(36)31(2)29(23)35)24(18-32)27(22)26(34)15-14-20(19-10-5-4-6-11-19)16-21-12-7-8-13-25(21)33/h4-8,10-13,16,23-24,26,28,32-34H,3,9,14-15,17-18H2,1-2H3/b20-16-/t23-,24+,26-,28-/m1/s1. The highest BCUT2D eigenvalue weighted by molar-refractivity contribution is 6.05. The maximum absolute atomic E-state index is 12.9. The van der Waals surface area contributed by atoms with Crippen LogP contribution in [0, 0.1) is 17.8 Å². The fourth-order valence-corrected chi connectivity index (χ4v) is 5.85. The highest BCUT2D eigenvalue weighted by Crippen LogP contribution is 2.47. The molecule has 1 aliphatic carbocycles. The molecule has 4 atom stereocenters. The molecule has 0 radical (unpaired) electrons. The fraction of sp³-hybridized carbons (Fsp3) is 0.400. The molecular formula is C30H35NO5. The van der Waals surface area contributed by atoms with Gasteiger partial charge < -0.3 is 15.3 Å². The zero-order chi connectivity index (χ0) is 25.8. The minimum Gasteiger partial charge on any atom is -0.507 e. The van der Waals surface area contributed by atoms with E-state index in [1.165, 1.54) is 11.9 Å². The van der Waals surface area contributed by atoms with Crippen molar-refractivity contribution in [1.82, 2.24) is 4.90 Å². The number of aliphatic hydroxyl groups is 2.